The van der Waals surface area contributed by atoms with Gasteiger partial charge in [0.1, 0.15) is 6.61 Å². The molecule has 0 heterocycles. The van der Waals surface area contributed by atoms with Crippen molar-refractivity contribution in [2.24, 2.45) is 23.5 Å². The highest BCUT2D eigenvalue weighted by Crippen LogP contribution is 2.38. The van der Waals surface area contributed by atoms with Crippen LogP contribution in [0.25, 0.3) is 0 Å². The number of ether oxygens (including phenoxy) is 1. The van der Waals surface area contributed by atoms with Gasteiger partial charge in [-0.1, -0.05) is 13.3 Å². The zero-order valence-electron chi connectivity index (χ0n) is 11.6. The normalized spacial score (nSPS) is 25.4. The molecule has 0 radical (unpaired) electrons. The van der Waals surface area contributed by atoms with Crippen LogP contribution in [0.15, 0.2) is 0 Å². The Morgan fingerprint density at radius 1 is 1.30 bits per heavy atom. The van der Waals surface area contributed by atoms with E-state index in [2.05, 4.69) is 5.32 Å². The molecular formula is C13H22N2O5. The van der Waals surface area contributed by atoms with E-state index in [0.717, 1.165) is 6.42 Å². The van der Waals surface area contributed by atoms with Crippen LogP contribution in [-0.4, -0.2) is 42.6 Å². The Morgan fingerprint density at radius 3 is 2.50 bits per heavy atom. The zero-order valence-corrected chi connectivity index (χ0v) is 11.6. The quantitative estimate of drug-likeness (QED) is 0.531. The molecule has 0 saturated heterocycles. The van der Waals surface area contributed by atoms with Gasteiger partial charge in [0.2, 0.25) is 11.8 Å². The van der Waals surface area contributed by atoms with Gasteiger partial charge in [0.15, 0.2) is 0 Å². The molecule has 2 amide bonds. The molecule has 114 valence electrons. The third kappa shape index (κ3) is 4.80. The number of nitrogens with one attached hydrogen (secondary N) is 1. The molecule has 0 aromatic heterocycles. The predicted molar refractivity (Wildman–Crippen MR) is 70.7 cm³/mol. The number of rotatable bonds is 8. The first-order chi connectivity index (χ1) is 9.45. The molecule has 1 unspecified atom stereocenters. The molecule has 1 aliphatic carbocycles. The largest absolute Gasteiger partial charge is 0.481 e. The van der Waals surface area contributed by atoms with E-state index in [-0.39, 0.29) is 31.6 Å². The van der Waals surface area contributed by atoms with Crippen molar-refractivity contribution in [1.82, 2.24) is 5.32 Å². The lowest BCUT2D eigenvalue weighted by atomic mass is 9.95. The van der Waals surface area contributed by atoms with Crippen molar-refractivity contribution >= 4 is 17.8 Å². The minimum absolute atomic E-state index is 0.177. The molecule has 1 aliphatic rings. The number of carbonyl (C=O) groups excluding carboxylic acids is 2. The summed E-state index contributed by atoms with van der Waals surface area (Å²) in [4.78, 5) is 33.6. The Hall–Kier alpha value is -1.63. The molecular weight excluding hydrogens is 264 g/mol. The minimum atomic E-state index is -0.911. The van der Waals surface area contributed by atoms with Gasteiger partial charge in [0.25, 0.3) is 0 Å². The van der Waals surface area contributed by atoms with Gasteiger partial charge in [-0.2, -0.15) is 0 Å². The number of hydrogen-bond donors (Lipinski definition) is 3. The fourth-order valence-corrected chi connectivity index (χ4v) is 2.59. The second kappa shape index (κ2) is 7.84. The van der Waals surface area contributed by atoms with Crippen LogP contribution < -0.4 is 11.1 Å². The Kier molecular flexibility index (Phi) is 6.44. The van der Waals surface area contributed by atoms with Crippen LogP contribution in [-0.2, 0) is 19.1 Å². The molecule has 0 aromatic carbocycles. The highest BCUT2D eigenvalue weighted by Gasteiger charge is 2.41. The molecule has 20 heavy (non-hydrogen) atoms. The van der Waals surface area contributed by atoms with Crippen LogP contribution in [0, 0.1) is 17.8 Å². The Bertz CT molecular complexity index is 372. The highest BCUT2D eigenvalue weighted by atomic mass is 16.5. The van der Waals surface area contributed by atoms with Crippen LogP contribution in [0.2, 0.25) is 0 Å². The van der Waals surface area contributed by atoms with Crippen molar-refractivity contribution < 1.29 is 24.2 Å². The van der Waals surface area contributed by atoms with E-state index in [4.69, 9.17) is 15.6 Å². The molecule has 1 fully saturated rings. The fraction of sp³-hybridized carbons (Fsp3) is 0.769. The number of aliphatic carboxylic acids is 1. The molecule has 0 spiro atoms. The monoisotopic (exact) mass is 286 g/mol. The fourth-order valence-electron chi connectivity index (χ4n) is 2.59. The molecule has 0 aliphatic heterocycles. The minimum Gasteiger partial charge on any atom is -0.481 e. The molecule has 1 saturated carbocycles. The number of nitrogens with two attached hydrogens (primary N) is 1. The standard InChI is InChI=1S/C13H22N2O5/c1-2-8-5-9(10(6-8)13(18)19)12(17)15-3-4-20-7-11(14)16/h8-10H,2-7H2,1H3,(H2,14,16)(H,15,17)(H,18,19)/t8?,9-,10+/m0/s1. The first-order valence-electron chi connectivity index (χ1n) is 6.82. The average Bonchev–Trinajstić information content (AvgIpc) is 2.82. The first kappa shape index (κ1) is 16.4. The van der Waals surface area contributed by atoms with E-state index >= 15 is 0 Å². The van der Waals surface area contributed by atoms with E-state index in [1.807, 2.05) is 6.92 Å². The van der Waals surface area contributed by atoms with E-state index in [0.29, 0.717) is 12.8 Å². The number of primary amides is 1. The van der Waals surface area contributed by atoms with Gasteiger partial charge in [0, 0.05) is 6.54 Å². The number of carboxylic acids is 1. The van der Waals surface area contributed by atoms with Crippen LogP contribution in [0.3, 0.4) is 0 Å². The number of carboxylic acid groups (broad SMARTS) is 1. The summed E-state index contributed by atoms with van der Waals surface area (Å²) in [7, 11) is 0. The van der Waals surface area contributed by atoms with E-state index < -0.39 is 23.7 Å². The molecule has 7 nitrogen and oxygen atoms in total. The van der Waals surface area contributed by atoms with Crippen molar-refractivity contribution in [3.05, 3.63) is 0 Å². The Labute approximate surface area is 117 Å². The number of amides is 2. The van der Waals surface area contributed by atoms with Gasteiger partial charge in [-0.3, -0.25) is 14.4 Å². The summed E-state index contributed by atoms with van der Waals surface area (Å²) in [6, 6.07) is 0. The lowest BCUT2D eigenvalue weighted by Gasteiger charge is -2.15. The Balaban J connectivity index is 2.37. The third-order valence-electron chi connectivity index (χ3n) is 3.68. The summed E-state index contributed by atoms with van der Waals surface area (Å²) >= 11 is 0. The van der Waals surface area contributed by atoms with Gasteiger partial charge >= 0.3 is 5.97 Å². The van der Waals surface area contributed by atoms with Crippen molar-refractivity contribution in [3.8, 4) is 0 Å². The highest BCUT2D eigenvalue weighted by molar-refractivity contribution is 5.85. The maximum Gasteiger partial charge on any atom is 0.307 e. The zero-order chi connectivity index (χ0) is 15.1. The maximum atomic E-state index is 12.0. The molecule has 3 atom stereocenters. The Morgan fingerprint density at radius 2 is 1.95 bits per heavy atom. The third-order valence-corrected chi connectivity index (χ3v) is 3.68. The van der Waals surface area contributed by atoms with E-state index in [1.54, 1.807) is 0 Å². The van der Waals surface area contributed by atoms with Gasteiger partial charge in [-0.15, -0.1) is 0 Å². The second-order valence-electron chi connectivity index (χ2n) is 5.11. The summed E-state index contributed by atoms with van der Waals surface area (Å²) in [6.45, 7) is 2.23. The first-order valence-corrected chi connectivity index (χ1v) is 6.82. The van der Waals surface area contributed by atoms with Gasteiger partial charge in [-0.25, -0.2) is 0 Å². The lowest BCUT2D eigenvalue weighted by molar-refractivity contribution is -0.146. The predicted octanol–water partition coefficient (Wildman–Crippen LogP) is -0.258. The molecule has 0 aromatic rings. The maximum absolute atomic E-state index is 12.0. The van der Waals surface area contributed by atoms with Crippen LogP contribution >= 0.6 is 0 Å². The van der Waals surface area contributed by atoms with Crippen molar-refractivity contribution in [2.75, 3.05) is 19.8 Å². The summed E-state index contributed by atoms with van der Waals surface area (Å²) < 4.78 is 4.92. The molecule has 4 N–H and O–H groups in total. The smallest absolute Gasteiger partial charge is 0.307 e. The summed E-state index contributed by atoms with van der Waals surface area (Å²) in [5.74, 6) is -2.52. The summed E-state index contributed by atoms with van der Waals surface area (Å²) in [5.41, 5.74) is 4.90. The molecule has 0 bridgehead atoms. The van der Waals surface area contributed by atoms with Gasteiger partial charge in [-0.05, 0) is 18.8 Å². The summed E-state index contributed by atoms with van der Waals surface area (Å²) in [6.07, 6.45) is 2.05. The van der Waals surface area contributed by atoms with Crippen molar-refractivity contribution in [3.63, 3.8) is 0 Å². The number of carbonyl (C=O) groups is 3. The van der Waals surface area contributed by atoms with Gasteiger partial charge < -0.3 is 20.9 Å². The van der Waals surface area contributed by atoms with E-state index in [1.165, 1.54) is 0 Å². The second-order valence-corrected chi connectivity index (χ2v) is 5.11. The molecule has 7 heteroatoms. The topological polar surface area (TPSA) is 119 Å². The average molecular weight is 286 g/mol. The van der Waals surface area contributed by atoms with Crippen molar-refractivity contribution in [1.29, 1.82) is 0 Å². The lowest BCUT2D eigenvalue weighted by Crippen LogP contribution is -2.37. The van der Waals surface area contributed by atoms with Crippen LogP contribution in [0.1, 0.15) is 26.2 Å². The van der Waals surface area contributed by atoms with Crippen LogP contribution in [0.4, 0.5) is 0 Å². The number of hydrogen-bond acceptors (Lipinski definition) is 4. The van der Waals surface area contributed by atoms with Crippen LogP contribution in [0.5, 0.6) is 0 Å². The van der Waals surface area contributed by atoms with E-state index in [9.17, 15) is 14.4 Å². The molecule has 1 rings (SSSR count). The SMILES string of the molecule is CCC1C[C@H](C(=O)NCCOCC(N)=O)[C@H](C(=O)O)C1. The van der Waals surface area contributed by atoms with Crippen molar-refractivity contribution in [2.45, 2.75) is 26.2 Å². The summed E-state index contributed by atoms with van der Waals surface area (Å²) in [5, 5.41) is 11.8. The van der Waals surface area contributed by atoms with Gasteiger partial charge in [0.05, 0.1) is 18.4 Å².